The van der Waals surface area contributed by atoms with Crippen LogP contribution in [0, 0.1) is 0 Å². The monoisotopic (exact) mass is 188 g/mol. The molecular weight excluding hydrogens is 172 g/mol. The minimum Gasteiger partial charge on any atom is -0.361 e. The Morgan fingerprint density at radius 2 is 2.21 bits per heavy atom. The van der Waals surface area contributed by atoms with Crippen molar-refractivity contribution in [2.75, 3.05) is 0 Å². The van der Waals surface area contributed by atoms with Crippen LogP contribution in [0.1, 0.15) is 18.9 Å². The first-order valence-electron chi connectivity index (χ1n) is 5.08. The molecule has 2 rings (SSSR count). The molecule has 1 aromatic carbocycles. The Bertz CT molecular complexity index is 415. The molecule has 1 aromatic heterocycles. The second-order valence-corrected chi connectivity index (χ2v) is 3.87. The van der Waals surface area contributed by atoms with E-state index in [0.29, 0.717) is 0 Å². The van der Waals surface area contributed by atoms with Crippen LogP contribution in [0.25, 0.3) is 10.9 Å². The zero-order valence-corrected chi connectivity index (χ0v) is 8.46. The smallest absolute Gasteiger partial charge is 0.0456 e. The van der Waals surface area contributed by atoms with E-state index in [-0.39, 0.29) is 6.04 Å². The van der Waals surface area contributed by atoms with Crippen LogP contribution in [0.5, 0.6) is 0 Å². The number of aryl methyl sites for hydroxylation is 1. The Labute approximate surface area is 84.1 Å². The van der Waals surface area contributed by atoms with Gasteiger partial charge in [-0.15, -0.1) is 0 Å². The molecule has 2 aromatic rings. The van der Waals surface area contributed by atoms with Crippen molar-refractivity contribution in [1.82, 2.24) is 4.98 Å². The summed E-state index contributed by atoms with van der Waals surface area (Å²) in [6, 6.07) is 8.79. The number of rotatable bonds is 3. The molecule has 0 amide bonds. The summed E-state index contributed by atoms with van der Waals surface area (Å²) in [5.41, 5.74) is 8.36. The highest BCUT2D eigenvalue weighted by atomic mass is 14.7. The van der Waals surface area contributed by atoms with E-state index in [4.69, 9.17) is 5.73 Å². The van der Waals surface area contributed by atoms with E-state index in [9.17, 15) is 0 Å². The number of fused-ring (bicyclic) bond motifs is 1. The van der Waals surface area contributed by atoms with E-state index in [1.165, 1.54) is 16.5 Å². The van der Waals surface area contributed by atoms with E-state index >= 15 is 0 Å². The molecule has 0 unspecified atom stereocenters. The van der Waals surface area contributed by atoms with Gasteiger partial charge in [0.2, 0.25) is 0 Å². The fraction of sp³-hybridized carbons (Fsp3) is 0.333. The quantitative estimate of drug-likeness (QED) is 0.763. The van der Waals surface area contributed by atoms with Crippen molar-refractivity contribution < 1.29 is 0 Å². The molecule has 74 valence electrons. The number of benzene rings is 1. The first kappa shape index (κ1) is 9.28. The molecule has 0 aliphatic carbocycles. The highest BCUT2D eigenvalue weighted by Gasteiger charge is 2.02. The molecular formula is C12H16N2. The standard InChI is InChI=1S/C12H16N2/c1-9(13)5-6-10-3-2-4-12-11(10)7-8-14-12/h2-4,7-9,14H,5-6,13H2,1H3/t9-/m0/s1. The predicted octanol–water partition coefficient (Wildman–Crippen LogP) is 2.45. The Morgan fingerprint density at radius 3 is 3.00 bits per heavy atom. The van der Waals surface area contributed by atoms with Gasteiger partial charge in [-0.05, 0) is 37.5 Å². The van der Waals surface area contributed by atoms with Gasteiger partial charge in [0.1, 0.15) is 0 Å². The molecule has 0 saturated heterocycles. The SMILES string of the molecule is C[C@H](N)CCc1cccc2[nH]ccc12. The van der Waals surface area contributed by atoms with Crippen LogP contribution in [0.4, 0.5) is 0 Å². The van der Waals surface area contributed by atoms with Crippen LogP contribution >= 0.6 is 0 Å². The number of H-pyrrole nitrogens is 1. The number of aromatic nitrogens is 1. The third-order valence-electron chi connectivity index (χ3n) is 2.55. The summed E-state index contributed by atoms with van der Waals surface area (Å²) >= 11 is 0. The van der Waals surface area contributed by atoms with Gasteiger partial charge in [-0.1, -0.05) is 12.1 Å². The Morgan fingerprint density at radius 1 is 1.36 bits per heavy atom. The maximum atomic E-state index is 5.75. The fourth-order valence-electron chi connectivity index (χ4n) is 1.75. The number of hydrogen-bond donors (Lipinski definition) is 2. The van der Waals surface area contributed by atoms with Gasteiger partial charge in [-0.25, -0.2) is 0 Å². The van der Waals surface area contributed by atoms with Gasteiger partial charge in [0.05, 0.1) is 0 Å². The molecule has 0 bridgehead atoms. The van der Waals surface area contributed by atoms with E-state index < -0.39 is 0 Å². The van der Waals surface area contributed by atoms with Crippen molar-refractivity contribution in [1.29, 1.82) is 0 Å². The molecule has 0 radical (unpaired) electrons. The van der Waals surface area contributed by atoms with Crippen LogP contribution in [0.2, 0.25) is 0 Å². The summed E-state index contributed by atoms with van der Waals surface area (Å²) in [5.74, 6) is 0. The van der Waals surface area contributed by atoms with Crippen LogP contribution < -0.4 is 5.73 Å². The highest BCUT2D eigenvalue weighted by Crippen LogP contribution is 2.18. The van der Waals surface area contributed by atoms with Crippen LogP contribution in [0.3, 0.4) is 0 Å². The topological polar surface area (TPSA) is 41.8 Å². The zero-order valence-electron chi connectivity index (χ0n) is 8.46. The molecule has 0 fully saturated rings. The number of nitrogens with one attached hydrogen (secondary N) is 1. The summed E-state index contributed by atoms with van der Waals surface area (Å²) < 4.78 is 0. The van der Waals surface area contributed by atoms with Gasteiger partial charge in [0, 0.05) is 23.1 Å². The first-order valence-corrected chi connectivity index (χ1v) is 5.08. The molecule has 0 saturated carbocycles. The highest BCUT2D eigenvalue weighted by molar-refractivity contribution is 5.82. The number of aromatic amines is 1. The van der Waals surface area contributed by atoms with Gasteiger partial charge in [-0.3, -0.25) is 0 Å². The van der Waals surface area contributed by atoms with Gasteiger partial charge < -0.3 is 10.7 Å². The third-order valence-corrected chi connectivity index (χ3v) is 2.55. The molecule has 14 heavy (non-hydrogen) atoms. The summed E-state index contributed by atoms with van der Waals surface area (Å²) in [5, 5.41) is 1.33. The van der Waals surface area contributed by atoms with Crippen molar-refractivity contribution in [2.24, 2.45) is 5.73 Å². The average molecular weight is 188 g/mol. The van der Waals surface area contributed by atoms with Gasteiger partial charge in [0.25, 0.3) is 0 Å². The lowest BCUT2D eigenvalue weighted by Crippen LogP contribution is -2.15. The van der Waals surface area contributed by atoms with E-state index in [1.807, 2.05) is 6.20 Å². The fourth-order valence-corrected chi connectivity index (χ4v) is 1.75. The summed E-state index contributed by atoms with van der Waals surface area (Å²) in [4.78, 5) is 3.22. The van der Waals surface area contributed by atoms with E-state index in [0.717, 1.165) is 12.8 Å². The molecule has 1 atom stereocenters. The van der Waals surface area contributed by atoms with Crippen LogP contribution in [-0.2, 0) is 6.42 Å². The van der Waals surface area contributed by atoms with Crippen molar-refractivity contribution in [3.8, 4) is 0 Å². The molecule has 1 heterocycles. The molecule has 2 nitrogen and oxygen atoms in total. The lowest BCUT2D eigenvalue weighted by molar-refractivity contribution is 0.668. The molecule has 0 aliphatic rings. The third kappa shape index (κ3) is 1.80. The molecule has 0 aliphatic heterocycles. The zero-order chi connectivity index (χ0) is 9.97. The molecule has 3 N–H and O–H groups in total. The van der Waals surface area contributed by atoms with Crippen molar-refractivity contribution in [3.05, 3.63) is 36.0 Å². The Hall–Kier alpha value is -1.28. The van der Waals surface area contributed by atoms with Crippen LogP contribution in [0.15, 0.2) is 30.5 Å². The number of nitrogens with two attached hydrogens (primary N) is 1. The molecule has 2 heteroatoms. The lowest BCUT2D eigenvalue weighted by Gasteiger charge is -2.05. The Balaban J connectivity index is 2.27. The molecule has 0 spiro atoms. The number of hydrogen-bond acceptors (Lipinski definition) is 1. The maximum Gasteiger partial charge on any atom is 0.0456 e. The summed E-state index contributed by atoms with van der Waals surface area (Å²) in [6.07, 6.45) is 4.09. The normalized spacial score (nSPS) is 13.3. The average Bonchev–Trinajstić information content (AvgIpc) is 2.62. The summed E-state index contributed by atoms with van der Waals surface area (Å²) in [7, 11) is 0. The van der Waals surface area contributed by atoms with Crippen molar-refractivity contribution in [3.63, 3.8) is 0 Å². The second kappa shape index (κ2) is 3.84. The van der Waals surface area contributed by atoms with Gasteiger partial charge in [0.15, 0.2) is 0 Å². The van der Waals surface area contributed by atoms with E-state index in [2.05, 4.69) is 36.2 Å². The predicted molar refractivity (Wildman–Crippen MR) is 60.3 cm³/mol. The largest absolute Gasteiger partial charge is 0.361 e. The van der Waals surface area contributed by atoms with Gasteiger partial charge in [-0.2, -0.15) is 0 Å². The first-order chi connectivity index (χ1) is 6.77. The van der Waals surface area contributed by atoms with Crippen molar-refractivity contribution in [2.45, 2.75) is 25.8 Å². The minimum absolute atomic E-state index is 0.282. The minimum atomic E-state index is 0.282. The Kier molecular flexibility index (Phi) is 2.55. The summed E-state index contributed by atoms with van der Waals surface area (Å²) in [6.45, 7) is 2.05. The maximum absolute atomic E-state index is 5.75. The van der Waals surface area contributed by atoms with Gasteiger partial charge >= 0.3 is 0 Å². The van der Waals surface area contributed by atoms with Crippen molar-refractivity contribution >= 4 is 10.9 Å². The van der Waals surface area contributed by atoms with E-state index in [1.54, 1.807) is 0 Å². The lowest BCUT2D eigenvalue weighted by atomic mass is 10.0. The second-order valence-electron chi connectivity index (χ2n) is 3.87. The van der Waals surface area contributed by atoms with Crippen LogP contribution in [-0.4, -0.2) is 11.0 Å².